The molecule has 0 fully saturated rings. The fourth-order valence-corrected chi connectivity index (χ4v) is 3.45. The highest BCUT2D eigenvalue weighted by Crippen LogP contribution is 2.41. The molecule has 1 aromatic carbocycles. The van der Waals surface area contributed by atoms with Crippen molar-refractivity contribution in [3.05, 3.63) is 53.1 Å². The van der Waals surface area contributed by atoms with Crippen molar-refractivity contribution in [2.24, 2.45) is 7.05 Å². The number of amides is 1. The Kier molecular flexibility index (Phi) is 3.67. The van der Waals surface area contributed by atoms with Crippen molar-refractivity contribution in [1.29, 1.82) is 0 Å². The Morgan fingerprint density at radius 3 is 2.84 bits per heavy atom. The lowest BCUT2D eigenvalue weighted by atomic mass is 9.93. The SMILES string of the molecule is CNC(=O)c1cc2c(nc(C)n2C)c2c1CC[C@@H](c1ccncc1)O2. The quantitative estimate of drug-likeness (QED) is 0.781. The van der Waals surface area contributed by atoms with Gasteiger partial charge < -0.3 is 14.6 Å². The van der Waals surface area contributed by atoms with Crippen molar-refractivity contribution in [2.45, 2.75) is 25.9 Å². The first kappa shape index (κ1) is 15.6. The summed E-state index contributed by atoms with van der Waals surface area (Å²) in [7, 11) is 3.60. The van der Waals surface area contributed by atoms with Crippen molar-refractivity contribution in [1.82, 2.24) is 19.9 Å². The van der Waals surface area contributed by atoms with Gasteiger partial charge in [-0.15, -0.1) is 0 Å². The minimum absolute atomic E-state index is 0.0547. The van der Waals surface area contributed by atoms with Crippen LogP contribution in [0.25, 0.3) is 11.0 Å². The van der Waals surface area contributed by atoms with Crippen LogP contribution in [0.3, 0.4) is 0 Å². The maximum Gasteiger partial charge on any atom is 0.251 e. The zero-order valence-corrected chi connectivity index (χ0v) is 14.5. The lowest BCUT2D eigenvalue weighted by molar-refractivity contribution is 0.0959. The van der Waals surface area contributed by atoms with Crippen LogP contribution in [0.1, 0.15) is 39.8 Å². The van der Waals surface area contributed by atoms with Gasteiger partial charge in [-0.3, -0.25) is 9.78 Å². The number of carbonyl (C=O) groups excluding carboxylic acids is 1. The van der Waals surface area contributed by atoms with Gasteiger partial charge in [-0.05, 0) is 43.5 Å². The van der Waals surface area contributed by atoms with Gasteiger partial charge in [0.15, 0.2) is 5.75 Å². The second-order valence-corrected chi connectivity index (χ2v) is 6.32. The molecule has 0 unspecified atom stereocenters. The third-order valence-electron chi connectivity index (χ3n) is 4.92. The van der Waals surface area contributed by atoms with Gasteiger partial charge >= 0.3 is 0 Å². The van der Waals surface area contributed by atoms with Gasteiger partial charge in [0.05, 0.1) is 5.52 Å². The van der Waals surface area contributed by atoms with E-state index in [1.807, 2.05) is 36.7 Å². The predicted molar refractivity (Wildman–Crippen MR) is 94.8 cm³/mol. The average Bonchev–Trinajstić information content (AvgIpc) is 2.95. The largest absolute Gasteiger partial charge is 0.483 e. The highest BCUT2D eigenvalue weighted by Gasteiger charge is 2.29. The molecule has 128 valence electrons. The summed E-state index contributed by atoms with van der Waals surface area (Å²) in [6.07, 6.45) is 5.08. The van der Waals surface area contributed by atoms with Crippen LogP contribution in [-0.4, -0.2) is 27.5 Å². The number of benzene rings is 1. The van der Waals surface area contributed by atoms with Gasteiger partial charge in [0.2, 0.25) is 0 Å². The number of hydrogen-bond acceptors (Lipinski definition) is 4. The number of carbonyl (C=O) groups is 1. The Morgan fingerprint density at radius 1 is 1.36 bits per heavy atom. The molecule has 1 aliphatic rings. The van der Waals surface area contributed by atoms with Gasteiger partial charge in [-0.1, -0.05) is 0 Å². The van der Waals surface area contributed by atoms with Crippen LogP contribution < -0.4 is 10.1 Å². The molecule has 1 atom stereocenters. The fourth-order valence-electron chi connectivity index (χ4n) is 3.45. The zero-order chi connectivity index (χ0) is 17.6. The number of pyridine rings is 1. The highest BCUT2D eigenvalue weighted by molar-refractivity contribution is 6.01. The zero-order valence-electron chi connectivity index (χ0n) is 14.5. The molecule has 3 heterocycles. The molecule has 0 bridgehead atoms. The number of fused-ring (bicyclic) bond motifs is 3. The van der Waals surface area contributed by atoms with Gasteiger partial charge in [0.25, 0.3) is 5.91 Å². The number of hydrogen-bond donors (Lipinski definition) is 1. The van der Waals surface area contributed by atoms with Crippen LogP contribution in [0.5, 0.6) is 5.75 Å². The molecule has 1 N–H and O–H groups in total. The van der Waals surface area contributed by atoms with Crippen LogP contribution in [0.15, 0.2) is 30.6 Å². The number of ether oxygens (including phenoxy) is 1. The van der Waals surface area contributed by atoms with Crippen molar-refractivity contribution in [2.75, 3.05) is 7.05 Å². The number of nitrogens with zero attached hydrogens (tertiary/aromatic N) is 3. The Balaban J connectivity index is 1.90. The Morgan fingerprint density at radius 2 is 2.12 bits per heavy atom. The van der Waals surface area contributed by atoms with Crippen molar-refractivity contribution in [3.8, 4) is 5.75 Å². The Bertz CT molecular complexity index is 963. The van der Waals surface area contributed by atoms with Crippen LogP contribution in [0.4, 0.5) is 0 Å². The number of nitrogens with one attached hydrogen (secondary N) is 1. The topological polar surface area (TPSA) is 69.0 Å². The molecule has 4 rings (SSSR count). The van der Waals surface area contributed by atoms with Crippen LogP contribution in [0, 0.1) is 6.92 Å². The number of aryl methyl sites for hydroxylation is 2. The summed E-state index contributed by atoms with van der Waals surface area (Å²) in [6.45, 7) is 1.95. The average molecular weight is 336 g/mol. The third-order valence-corrected chi connectivity index (χ3v) is 4.92. The number of aromatic nitrogens is 3. The van der Waals surface area contributed by atoms with Gasteiger partial charge in [-0.2, -0.15) is 0 Å². The normalized spacial score (nSPS) is 16.4. The van der Waals surface area contributed by atoms with E-state index in [4.69, 9.17) is 4.74 Å². The van der Waals surface area contributed by atoms with E-state index in [0.717, 1.165) is 46.6 Å². The molecule has 0 saturated carbocycles. The van der Waals surface area contributed by atoms with Gasteiger partial charge in [0, 0.05) is 37.6 Å². The van der Waals surface area contributed by atoms with Crippen molar-refractivity contribution < 1.29 is 9.53 Å². The lowest BCUT2D eigenvalue weighted by Crippen LogP contribution is -2.23. The molecule has 0 spiro atoms. The first-order valence-corrected chi connectivity index (χ1v) is 8.37. The first-order valence-electron chi connectivity index (χ1n) is 8.37. The van der Waals surface area contributed by atoms with E-state index in [1.54, 1.807) is 19.4 Å². The Hall–Kier alpha value is -2.89. The summed E-state index contributed by atoms with van der Waals surface area (Å²) in [5.74, 6) is 1.52. The van der Waals surface area contributed by atoms with Crippen LogP contribution >= 0.6 is 0 Å². The van der Waals surface area contributed by atoms with E-state index in [9.17, 15) is 4.79 Å². The van der Waals surface area contributed by atoms with Crippen LogP contribution in [-0.2, 0) is 13.5 Å². The molecule has 6 nitrogen and oxygen atoms in total. The smallest absolute Gasteiger partial charge is 0.251 e. The molecule has 1 amide bonds. The van der Waals surface area contributed by atoms with E-state index in [2.05, 4.69) is 15.3 Å². The second-order valence-electron chi connectivity index (χ2n) is 6.32. The van der Waals surface area contributed by atoms with Crippen molar-refractivity contribution in [3.63, 3.8) is 0 Å². The van der Waals surface area contributed by atoms with E-state index in [1.165, 1.54) is 0 Å². The summed E-state index contributed by atoms with van der Waals surface area (Å²) in [5, 5.41) is 2.73. The monoisotopic (exact) mass is 336 g/mol. The number of imidazole rings is 1. The first-order chi connectivity index (χ1) is 12.1. The summed E-state index contributed by atoms with van der Waals surface area (Å²) in [4.78, 5) is 21.1. The van der Waals surface area contributed by atoms with Gasteiger partial charge in [0.1, 0.15) is 17.4 Å². The summed E-state index contributed by atoms with van der Waals surface area (Å²) in [6, 6.07) is 5.86. The maximum absolute atomic E-state index is 12.4. The summed E-state index contributed by atoms with van der Waals surface area (Å²) in [5.41, 5.74) is 4.43. The highest BCUT2D eigenvalue weighted by atomic mass is 16.5. The molecule has 0 radical (unpaired) electrons. The molecule has 6 heteroatoms. The molecule has 3 aromatic rings. The molecular formula is C19H20N4O2. The third kappa shape index (κ3) is 2.45. The molecule has 25 heavy (non-hydrogen) atoms. The minimum Gasteiger partial charge on any atom is -0.483 e. The molecule has 1 aliphatic heterocycles. The van der Waals surface area contributed by atoms with E-state index in [0.29, 0.717) is 5.56 Å². The molecular weight excluding hydrogens is 316 g/mol. The summed E-state index contributed by atoms with van der Waals surface area (Å²) >= 11 is 0. The molecule has 0 aliphatic carbocycles. The van der Waals surface area contributed by atoms with E-state index in [-0.39, 0.29) is 12.0 Å². The molecule has 2 aromatic heterocycles. The Labute approximate surface area is 145 Å². The van der Waals surface area contributed by atoms with E-state index >= 15 is 0 Å². The van der Waals surface area contributed by atoms with Gasteiger partial charge in [-0.25, -0.2) is 4.98 Å². The minimum atomic E-state index is -0.0945. The van der Waals surface area contributed by atoms with E-state index < -0.39 is 0 Å². The fraction of sp³-hybridized carbons (Fsp3) is 0.316. The van der Waals surface area contributed by atoms with Crippen LogP contribution in [0.2, 0.25) is 0 Å². The summed E-state index contributed by atoms with van der Waals surface area (Å²) < 4.78 is 8.34. The predicted octanol–water partition coefficient (Wildman–Crippen LogP) is 2.70. The number of rotatable bonds is 2. The molecule has 0 saturated heterocycles. The second kappa shape index (κ2) is 5.88. The standard InChI is InChI=1S/C19H20N4O2/c1-11-22-17-15(23(11)3)10-14(19(24)20-2)13-4-5-16(25-18(13)17)12-6-8-21-9-7-12/h6-10,16H,4-5H2,1-3H3,(H,20,24)/t16-/m0/s1. The lowest BCUT2D eigenvalue weighted by Gasteiger charge is -2.28. The van der Waals surface area contributed by atoms with Crippen molar-refractivity contribution >= 4 is 16.9 Å². The maximum atomic E-state index is 12.4.